The topological polar surface area (TPSA) is 71.5 Å². The highest BCUT2D eigenvalue weighted by molar-refractivity contribution is 6.30. The van der Waals surface area contributed by atoms with Crippen molar-refractivity contribution >= 4 is 17.6 Å². The summed E-state index contributed by atoms with van der Waals surface area (Å²) in [6.45, 7) is 5.12. The van der Waals surface area contributed by atoms with Crippen LogP contribution in [0.4, 0.5) is 22.0 Å². The van der Waals surface area contributed by atoms with E-state index in [1.165, 1.54) is 12.3 Å². The fourth-order valence-electron chi connectivity index (χ4n) is 3.75. The normalized spacial score (nSPS) is 15.8. The number of benzene rings is 1. The standard InChI is InChI=1S/C25H28ClF5N2O3/c1-4-5-8-24(21-7-6-17(26)13-32-21,33-20(15(2)3)12-22(34)35)16-9-18(28)11-19(10-16)36-25(31,14-27)23(29)30/h4,6-7,9-11,13,15,20,23,33H,1,5,8,12,14H2,2-3H3,(H,34,35)/t20?,24-,25?/m0/s1. The Morgan fingerprint density at radius 2 is 2.00 bits per heavy atom. The Bertz CT molecular complexity index is 1040. The van der Waals surface area contributed by atoms with Crippen molar-refractivity contribution in [2.24, 2.45) is 5.92 Å². The maximum absolute atomic E-state index is 14.8. The Labute approximate surface area is 211 Å². The van der Waals surface area contributed by atoms with Crippen LogP contribution in [0.25, 0.3) is 0 Å². The SMILES string of the molecule is C=CCC[C@](NC(CC(=O)O)C(C)C)(c1cc(F)cc(OC(F)(CF)C(F)F)c1)c1ccc(Cl)cn1. The molecule has 1 aromatic heterocycles. The van der Waals surface area contributed by atoms with E-state index in [-0.39, 0.29) is 24.3 Å². The first-order chi connectivity index (χ1) is 16.9. The van der Waals surface area contributed by atoms with Gasteiger partial charge in [-0.3, -0.25) is 15.1 Å². The highest BCUT2D eigenvalue weighted by Crippen LogP contribution is 2.39. The first kappa shape index (κ1) is 29.5. The van der Waals surface area contributed by atoms with Gasteiger partial charge in [-0.2, -0.15) is 4.39 Å². The molecule has 0 aliphatic rings. The second-order valence-electron chi connectivity index (χ2n) is 8.69. The van der Waals surface area contributed by atoms with Crippen LogP contribution in [0.2, 0.25) is 5.02 Å². The van der Waals surface area contributed by atoms with Gasteiger partial charge in [0.1, 0.15) is 11.6 Å². The van der Waals surface area contributed by atoms with Gasteiger partial charge in [-0.25, -0.2) is 17.6 Å². The molecule has 198 valence electrons. The van der Waals surface area contributed by atoms with Crippen molar-refractivity contribution in [3.8, 4) is 5.75 Å². The van der Waals surface area contributed by atoms with Crippen LogP contribution in [0.5, 0.6) is 5.75 Å². The molecule has 0 amide bonds. The van der Waals surface area contributed by atoms with Gasteiger partial charge < -0.3 is 9.84 Å². The molecule has 3 atom stereocenters. The van der Waals surface area contributed by atoms with E-state index in [1.807, 2.05) is 0 Å². The molecule has 0 fully saturated rings. The zero-order chi connectivity index (χ0) is 27.1. The van der Waals surface area contributed by atoms with Crippen molar-refractivity contribution in [2.45, 2.75) is 57.0 Å². The number of nitrogens with one attached hydrogen (secondary N) is 1. The summed E-state index contributed by atoms with van der Waals surface area (Å²) in [5, 5.41) is 13.0. The van der Waals surface area contributed by atoms with Crippen LogP contribution in [-0.4, -0.2) is 41.1 Å². The molecule has 0 saturated heterocycles. The van der Waals surface area contributed by atoms with Gasteiger partial charge >= 0.3 is 18.2 Å². The van der Waals surface area contributed by atoms with Gasteiger partial charge in [0.15, 0.2) is 6.67 Å². The summed E-state index contributed by atoms with van der Waals surface area (Å²) in [5.74, 6) is -6.94. The van der Waals surface area contributed by atoms with Crippen LogP contribution in [0.15, 0.2) is 49.2 Å². The van der Waals surface area contributed by atoms with Gasteiger partial charge in [-0.1, -0.05) is 31.5 Å². The number of halogens is 6. The minimum Gasteiger partial charge on any atom is -0.481 e. The molecule has 2 N–H and O–H groups in total. The summed E-state index contributed by atoms with van der Waals surface area (Å²) in [7, 11) is 0. The van der Waals surface area contributed by atoms with Gasteiger partial charge in [0.25, 0.3) is 0 Å². The number of ether oxygens (including phenoxy) is 1. The Hall–Kier alpha value is -2.72. The van der Waals surface area contributed by atoms with Crippen molar-refractivity contribution < 1.29 is 36.6 Å². The number of aromatic nitrogens is 1. The van der Waals surface area contributed by atoms with E-state index in [2.05, 4.69) is 21.6 Å². The van der Waals surface area contributed by atoms with E-state index in [4.69, 9.17) is 11.6 Å². The zero-order valence-corrected chi connectivity index (χ0v) is 20.5. The van der Waals surface area contributed by atoms with Crippen LogP contribution >= 0.6 is 11.6 Å². The first-order valence-corrected chi connectivity index (χ1v) is 11.5. The molecule has 2 aromatic rings. The summed E-state index contributed by atoms with van der Waals surface area (Å²) < 4.78 is 73.0. The quantitative estimate of drug-likeness (QED) is 0.215. The van der Waals surface area contributed by atoms with Crippen molar-refractivity contribution in [1.29, 1.82) is 0 Å². The maximum Gasteiger partial charge on any atom is 0.336 e. The van der Waals surface area contributed by atoms with E-state index < -0.39 is 48.1 Å². The summed E-state index contributed by atoms with van der Waals surface area (Å²) >= 11 is 6.00. The van der Waals surface area contributed by atoms with Gasteiger partial charge in [0.05, 0.1) is 22.7 Å². The van der Waals surface area contributed by atoms with Gasteiger partial charge in [-0.05, 0) is 48.6 Å². The number of allylic oxidation sites excluding steroid dienone is 1. The molecule has 0 bridgehead atoms. The molecule has 0 aliphatic heterocycles. The number of carbonyl (C=O) groups is 1. The lowest BCUT2D eigenvalue weighted by Gasteiger charge is -2.40. The van der Waals surface area contributed by atoms with Crippen LogP contribution in [-0.2, 0) is 10.3 Å². The third-order valence-corrected chi connectivity index (χ3v) is 5.90. The molecule has 0 radical (unpaired) electrons. The van der Waals surface area contributed by atoms with Crippen LogP contribution < -0.4 is 10.1 Å². The van der Waals surface area contributed by atoms with E-state index in [1.54, 1.807) is 26.0 Å². The molecular weight excluding hydrogens is 507 g/mol. The Morgan fingerprint density at radius 1 is 1.31 bits per heavy atom. The van der Waals surface area contributed by atoms with E-state index >= 15 is 0 Å². The fraction of sp³-hybridized carbons (Fsp3) is 0.440. The Kier molecular flexibility index (Phi) is 10.2. The van der Waals surface area contributed by atoms with Crippen LogP contribution in [0, 0.1) is 11.7 Å². The summed E-state index contributed by atoms with van der Waals surface area (Å²) in [6.07, 6.45) is -0.729. The number of hydrogen-bond donors (Lipinski definition) is 2. The van der Waals surface area contributed by atoms with Gasteiger partial charge in [-0.15, -0.1) is 6.58 Å². The van der Waals surface area contributed by atoms with Crippen LogP contribution in [0.1, 0.15) is 44.4 Å². The number of pyridine rings is 1. The Balaban J connectivity index is 2.78. The summed E-state index contributed by atoms with van der Waals surface area (Å²) in [4.78, 5) is 15.9. The lowest BCUT2D eigenvalue weighted by Crippen LogP contribution is -2.52. The fourth-order valence-corrected chi connectivity index (χ4v) is 3.86. The monoisotopic (exact) mass is 534 g/mol. The molecule has 5 nitrogen and oxygen atoms in total. The van der Waals surface area contributed by atoms with Crippen molar-refractivity contribution in [3.63, 3.8) is 0 Å². The van der Waals surface area contributed by atoms with Crippen LogP contribution in [0.3, 0.4) is 0 Å². The number of hydrogen-bond acceptors (Lipinski definition) is 4. The number of alkyl halides is 4. The molecule has 1 aromatic carbocycles. The average Bonchev–Trinajstić information content (AvgIpc) is 2.80. The summed E-state index contributed by atoms with van der Waals surface area (Å²) in [5.41, 5.74) is -1.05. The van der Waals surface area contributed by atoms with E-state index in [0.717, 1.165) is 12.1 Å². The first-order valence-electron chi connectivity index (χ1n) is 11.1. The number of carboxylic acids is 1. The minimum absolute atomic E-state index is 0.0701. The van der Waals surface area contributed by atoms with Gasteiger partial charge in [0.2, 0.25) is 0 Å². The molecule has 0 aliphatic carbocycles. The smallest absolute Gasteiger partial charge is 0.336 e. The highest BCUT2D eigenvalue weighted by atomic mass is 35.5. The summed E-state index contributed by atoms with van der Waals surface area (Å²) in [6, 6.07) is 5.22. The molecule has 1 heterocycles. The predicted octanol–water partition coefficient (Wildman–Crippen LogP) is 6.45. The number of carboxylic acid groups (broad SMARTS) is 1. The molecule has 36 heavy (non-hydrogen) atoms. The number of rotatable bonds is 14. The lowest BCUT2D eigenvalue weighted by molar-refractivity contribution is -0.176. The van der Waals surface area contributed by atoms with Crippen molar-refractivity contribution in [2.75, 3.05) is 6.67 Å². The van der Waals surface area contributed by atoms with E-state index in [0.29, 0.717) is 23.2 Å². The number of aliphatic carboxylic acids is 1. The second-order valence-corrected chi connectivity index (χ2v) is 9.12. The lowest BCUT2D eigenvalue weighted by atomic mass is 9.79. The zero-order valence-electron chi connectivity index (χ0n) is 19.8. The van der Waals surface area contributed by atoms with Crippen molar-refractivity contribution in [3.05, 3.63) is 71.3 Å². The van der Waals surface area contributed by atoms with E-state index in [9.17, 15) is 31.9 Å². The average molecular weight is 535 g/mol. The van der Waals surface area contributed by atoms with Gasteiger partial charge in [0, 0.05) is 18.3 Å². The molecule has 2 rings (SSSR count). The highest BCUT2D eigenvalue weighted by Gasteiger charge is 2.44. The second kappa shape index (κ2) is 12.5. The number of nitrogens with zero attached hydrogens (tertiary/aromatic N) is 1. The maximum atomic E-state index is 14.8. The molecule has 2 unspecified atom stereocenters. The molecule has 11 heteroatoms. The Morgan fingerprint density at radius 3 is 2.50 bits per heavy atom. The minimum atomic E-state index is -3.98. The van der Waals surface area contributed by atoms with Crippen molar-refractivity contribution in [1.82, 2.24) is 10.3 Å². The predicted molar refractivity (Wildman–Crippen MR) is 126 cm³/mol. The largest absolute Gasteiger partial charge is 0.481 e. The third kappa shape index (κ3) is 7.16. The molecule has 0 saturated carbocycles. The third-order valence-electron chi connectivity index (χ3n) is 5.68. The molecular formula is C25H28ClF5N2O3. The molecule has 0 spiro atoms.